The maximum atomic E-state index is 5.40. The zero-order chi connectivity index (χ0) is 41.7. The lowest BCUT2D eigenvalue weighted by Gasteiger charge is -2.34. The van der Waals surface area contributed by atoms with Crippen LogP contribution in [0.4, 0.5) is 0 Å². The van der Waals surface area contributed by atoms with Gasteiger partial charge in [-0.25, -0.2) is 9.97 Å². The van der Waals surface area contributed by atoms with E-state index in [4.69, 9.17) is 9.97 Å². The van der Waals surface area contributed by atoms with Crippen molar-refractivity contribution < 1.29 is 0 Å². The molecule has 0 aliphatic heterocycles. The van der Waals surface area contributed by atoms with Crippen molar-refractivity contribution in [2.24, 2.45) is 0 Å². The van der Waals surface area contributed by atoms with Gasteiger partial charge in [-0.05, 0) is 83.2 Å². The van der Waals surface area contributed by atoms with Crippen molar-refractivity contribution in [3.63, 3.8) is 0 Å². The van der Waals surface area contributed by atoms with Crippen molar-refractivity contribution >= 4 is 21.5 Å². The van der Waals surface area contributed by atoms with Gasteiger partial charge >= 0.3 is 0 Å². The number of benzene rings is 10. The monoisotopic (exact) mass is 800 g/mol. The van der Waals surface area contributed by atoms with Gasteiger partial charge in [0.15, 0.2) is 5.82 Å². The van der Waals surface area contributed by atoms with Gasteiger partial charge in [-0.3, -0.25) is 0 Å². The van der Waals surface area contributed by atoms with Crippen molar-refractivity contribution in [1.82, 2.24) is 9.97 Å². The zero-order valence-corrected chi connectivity index (χ0v) is 34.5. The van der Waals surface area contributed by atoms with E-state index < -0.39 is 5.41 Å². The first-order chi connectivity index (χ1) is 31.3. The van der Waals surface area contributed by atoms with Crippen LogP contribution in [0.5, 0.6) is 0 Å². The van der Waals surface area contributed by atoms with Gasteiger partial charge in [-0.1, -0.05) is 237 Å². The molecule has 0 N–H and O–H groups in total. The Morgan fingerprint density at radius 1 is 0.286 bits per heavy atom. The summed E-state index contributed by atoms with van der Waals surface area (Å²) in [5, 5.41) is 4.66. The highest BCUT2D eigenvalue weighted by atomic mass is 14.9. The summed E-state index contributed by atoms with van der Waals surface area (Å²) in [5.74, 6) is 0.693. The number of fused-ring (bicyclic) bond motifs is 5. The first-order valence-corrected chi connectivity index (χ1v) is 21.7. The highest BCUT2D eigenvalue weighted by Crippen LogP contribution is 2.58. The van der Waals surface area contributed by atoms with Crippen LogP contribution in [0.25, 0.3) is 88.8 Å². The Labute approximate surface area is 367 Å². The van der Waals surface area contributed by atoms with E-state index in [1.54, 1.807) is 0 Å². The molecule has 294 valence electrons. The lowest BCUT2D eigenvalue weighted by molar-refractivity contribution is 0.768. The second-order valence-electron chi connectivity index (χ2n) is 16.4. The van der Waals surface area contributed by atoms with Crippen LogP contribution in [-0.2, 0) is 5.41 Å². The van der Waals surface area contributed by atoms with Crippen LogP contribution in [0, 0.1) is 0 Å². The Balaban J connectivity index is 1.07. The Kier molecular flexibility index (Phi) is 8.76. The molecule has 11 aromatic rings. The normalized spacial score (nSPS) is 12.6. The Morgan fingerprint density at radius 2 is 0.746 bits per heavy atom. The number of rotatable bonds is 7. The number of nitrogens with zero attached hydrogens (tertiary/aromatic N) is 2. The maximum Gasteiger partial charge on any atom is 0.160 e. The summed E-state index contributed by atoms with van der Waals surface area (Å²) < 4.78 is 0. The minimum atomic E-state index is -0.477. The highest BCUT2D eigenvalue weighted by molar-refractivity contribution is 6.08. The molecule has 0 amide bonds. The highest BCUT2D eigenvalue weighted by Gasteiger charge is 2.46. The molecule has 10 aromatic carbocycles. The van der Waals surface area contributed by atoms with E-state index in [1.165, 1.54) is 60.8 Å². The SMILES string of the molecule is c1ccc(-c2ccc(-c3nc(-c4cccc5ccccc45)cc(-c4ccc(-c5cccc6c5-c5ccccc5C6(c5ccccc5)c5ccccc5)c5ccccc45)n3)cc2)cc1. The summed E-state index contributed by atoms with van der Waals surface area (Å²) in [5.41, 5.74) is 16.8. The van der Waals surface area contributed by atoms with Crippen LogP contribution in [0.1, 0.15) is 22.3 Å². The standard InChI is InChI=1S/C61H40N2/c1-4-18-41(19-5-1)42-34-36-44(37-35-42)60-62-57(51-30-16-21-43-20-10-11-26-47(43)51)40-58(63-60)52-39-38-50(48-27-12-13-28-49(48)52)53-31-17-33-56-59(53)54-29-14-15-32-55(54)61(56,45-22-6-2-7-23-45)46-24-8-3-9-25-46/h1-40H. The van der Waals surface area contributed by atoms with Gasteiger partial charge in [0.2, 0.25) is 0 Å². The summed E-state index contributed by atoms with van der Waals surface area (Å²) in [6, 6.07) is 87.7. The van der Waals surface area contributed by atoms with Crippen LogP contribution in [-0.4, -0.2) is 9.97 Å². The topological polar surface area (TPSA) is 25.8 Å². The zero-order valence-electron chi connectivity index (χ0n) is 34.5. The van der Waals surface area contributed by atoms with Crippen molar-refractivity contribution in [2.45, 2.75) is 5.41 Å². The van der Waals surface area contributed by atoms with E-state index in [1.807, 2.05) is 0 Å². The van der Waals surface area contributed by atoms with E-state index in [-0.39, 0.29) is 0 Å². The second-order valence-corrected chi connectivity index (χ2v) is 16.4. The predicted molar refractivity (Wildman–Crippen MR) is 262 cm³/mol. The van der Waals surface area contributed by atoms with Crippen molar-refractivity contribution in [3.05, 3.63) is 265 Å². The Morgan fingerprint density at radius 3 is 1.46 bits per heavy atom. The molecule has 0 unspecified atom stereocenters. The summed E-state index contributed by atoms with van der Waals surface area (Å²) in [7, 11) is 0. The smallest absolute Gasteiger partial charge is 0.160 e. The van der Waals surface area contributed by atoms with Crippen molar-refractivity contribution in [1.29, 1.82) is 0 Å². The summed E-state index contributed by atoms with van der Waals surface area (Å²) in [4.78, 5) is 10.7. The molecule has 0 spiro atoms. The van der Waals surface area contributed by atoms with E-state index in [9.17, 15) is 0 Å². The second kappa shape index (κ2) is 15.1. The third-order valence-corrected chi connectivity index (χ3v) is 13.0. The molecule has 0 fully saturated rings. The predicted octanol–water partition coefficient (Wildman–Crippen LogP) is 15.5. The quantitative estimate of drug-likeness (QED) is 0.160. The molecule has 0 radical (unpaired) electrons. The average molecular weight is 801 g/mol. The minimum Gasteiger partial charge on any atom is -0.228 e. The molecule has 2 heteroatoms. The van der Waals surface area contributed by atoms with Crippen molar-refractivity contribution in [3.8, 4) is 67.3 Å². The molecule has 2 nitrogen and oxygen atoms in total. The first kappa shape index (κ1) is 36.6. The molecule has 0 saturated carbocycles. The molecular weight excluding hydrogens is 761 g/mol. The van der Waals surface area contributed by atoms with Gasteiger partial charge in [0.05, 0.1) is 16.8 Å². The van der Waals surface area contributed by atoms with Crippen LogP contribution in [0.2, 0.25) is 0 Å². The van der Waals surface area contributed by atoms with Gasteiger partial charge < -0.3 is 0 Å². The minimum absolute atomic E-state index is 0.477. The molecule has 1 heterocycles. The Bertz CT molecular complexity index is 3440. The van der Waals surface area contributed by atoms with Gasteiger partial charge in [0.1, 0.15) is 0 Å². The molecule has 1 aliphatic carbocycles. The summed E-state index contributed by atoms with van der Waals surface area (Å²) in [6.45, 7) is 0. The molecule has 0 bridgehead atoms. The molecule has 0 saturated heterocycles. The van der Waals surface area contributed by atoms with E-state index in [2.05, 4.69) is 243 Å². The van der Waals surface area contributed by atoms with E-state index in [0.717, 1.165) is 44.4 Å². The third-order valence-electron chi connectivity index (χ3n) is 13.0. The first-order valence-electron chi connectivity index (χ1n) is 21.7. The molecule has 1 aromatic heterocycles. The number of aromatic nitrogens is 2. The average Bonchev–Trinajstić information content (AvgIpc) is 3.68. The van der Waals surface area contributed by atoms with Gasteiger partial charge in [0.25, 0.3) is 0 Å². The fourth-order valence-corrected chi connectivity index (χ4v) is 10.2. The van der Waals surface area contributed by atoms with Gasteiger partial charge in [0, 0.05) is 16.7 Å². The fraction of sp³-hybridized carbons (Fsp3) is 0.0164. The Hall–Kier alpha value is -8.20. The van der Waals surface area contributed by atoms with Gasteiger partial charge in [-0.2, -0.15) is 0 Å². The largest absolute Gasteiger partial charge is 0.228 e. The fourth-order valence-electron chi connectivity index (χ4n) is 10.2. The van der Waals surface area contributed by atoms with Crippen LogP contribution in [0.3, 0.4) is 0 Å². The van der Waals surface area contributed by atoms with Crippen LogP contribution >= 0.6 is 0 Å². The van der Waals surface area contributed by atoms with E-state index in [0.29, 0.717) is 5.82 Å². The third kappa shape index (κ3) is 5.95. The molecule has 1 aliphatic rings. The summed E-state index contributed by atoms with van der Waals surface area (Å²) in [6.07, 6.45) is 0. The van der Waals surface area contributed by atoms with Crippen LogP contribution < -0.4 is 0 Å². The summed E-state index contributed by atoms with van der Waals surface area (Å²) >= 11 is 0. The van der Waals surface area contributed by atoms with Gasteiger partial charge in [-0.15, -0.1) is 0 Å². The molecule has 12 rings (SSSR count). The lowest BCUT2D eigenvalue weighted by atomic mass is 9.67. The molecular formula is C61H40N2. The maximum absolute atomic E-state index is 5.40. The molecule has 63 heavy (non-hydrogen) atoms. The molecule has 0 atom stereocenters. The van der Waals surface area contributed by atoms with E-state index >= 15 is 0 Å². The van der Waals surface area contributed by atoms with Crippen LogP contribution in [0.15, 0.2) is 243 Å². The lowest BCUT2D eigenvalue weighted by Crippen LogP contribution is -2.28. The number of hydrogen-bond donors (Lipinski definition) is 0. The number of hydrogen-bond acceptors (Lipinski definition) is 2. The van der Waals surface area contributed by atoms with Crippen molar-refractivity contribution in [2.75, 3.05) is 0 Å².